The Hall–Kier alpha value is -3.55. The summed E-state index contributed by atoms with van der Waals surface area (Å²) in [5.74, 6) is -0.479. The van der Waals surface area contributed by atoms with Crippen LogP contribution in [0.25, 0.3) is 0 Å². The summed E-state index contributed by atoms with van der Waals surface area (Å²) in [7, 11) is 1.29. The first-order chi connectivity index (χ1) is 16.3. The summed E-state index contributed by atoms with van der Waals surface area (Å²) in [6, 6.07) is 13.2. The van der Waals surface area contributed by atoms with E-state index in [4.69, 9.17) is 15.2 Å². The second-order valence-electron chi connectivity index (χ2n) is 9.03. The van der Waals surface area contributed by atoms with Gasteiger partial charge in [-0.2, -0.15) is 0 Å². The number of esters is 1. The molecule has 0 radical (unpaired) electrons. The van der Waals surface area contributed by atoms with Crippen LogP contribution in [-0.4, -0.2) is 43.6 Å². The van der Waals surface area contributed by atoms with Crippen LogP contribution in [0.4, 0.5) is 5.69 Å². The number of ether oxygens (including phenoxy) is 2. The van der Waals surface area contributed by atoms with E-state index in [1.54, 1.807) is 12.1 Å². The molecule has 2 aromatic rings. The van der Waals surface area contributed by atoms with Crippen molar-refractivity contribution in [2.24, 2.45) is 5.92 Å². The lowest BCUT2D eigenvalue weighted by Crippen LogP contribution is -2.53. The van der Waals surface area contributed by atoms with E-state index in [1.807, 2.05) is 50.2 Å². The molecule has 34 heavy (non-hydrogen) atoms. The highest BCUT2D eigenvalue weighted by Gasteiger charge is 2.31. The van der Waals surface area contributed by atoms with E-state index in [1.165, 1.54) is 7.11 Å². The monoisotopic (exact) mass is 467 g/mol. The molecular weight excluding hydrogens is 434 g/mol. The number of amides is 2. The molecule has 2 amide bonds. The van der Waals surface area contributed by atoms with E-state index in [-0.39, 0.29) is 24.2 Å². The summed E-state index contributed by atoms with van der Waals surface area (Å²) in [6.07, 6.45) is 0.877. The van der Waals surface area contributed by atoms with Gasteiger partial charge in [0.15, 0.2) is 0 Å². The van der Waals surface area contributed by atoms with Gasteiger partial charge < -0.3 is 25.8 Å². The van der Waals surface area contributed by atoms with Crippen LogP contribution in [0.1, 0.15) is 43.7 Å². The minimum Gasteiger partial charge on any atom is -0.493 e. The van der Waals surface area contributed by atoms with Gasteiger partial charge in [0.1, 0.15) is 17.8 Å². The summed E-state index contributed by atoms with van der Waals surface area (Å²) >= 11 is 0. The Balaban J connectivity index is 1.72. The number of rotatable bonds is 10. The Morgan fingerprint density at radius 2 is 1.82 bits per heavy atom. The van der Waals surface area contributed by atoms with Crippen LogP contribution >= 0.6 is 0 Å². The van der Waals surface area contributed by atoms with Crippen LogP contribution in [0.3, 0.4) is 0 Å². The lowest BCUT2D eigenvalue weighted by molar-refractivity contribution is -0.145. The first-order valence-electron chi connectivity index (χ1n) is 11.5. The van der Waals surface area contributed by atoms with Crippen molar-refractivity contribution in [3.05, 3.63) is 59.7 Å². The number of nitrogens with one attached hydrogen (secondary N) is 2. The third kappa shape index (κ3) is 6.73. The zero-order chi connectivity index (χ0) is 24.7. The van der Waals surface area contributed by atoms with Gasteiger partial charge in [0.05, 0.1) is 13.7 Å². The number of carbonyl (C=O) groups excluding carboxylic acids is 3. The summed E-state index contributed by atoms with van der Waals surface area (Å²) in [5.41, 5.74) is 8.29. The van der Waals surface area contributed by atoms with Gasteiger partial charge in [-0.15, -0.1) is 0 Å². The SMILES string of the molecule is COC(=O)[C@H](CC(C)C)NC(=O)[C@H](Cc1ccccc1)NC(=O)CC1COc2ccc(N)cc21. The molecule has 1 unspecified atom stereocenters. The van der Waals surface area contributed by atoms with Crippen LogP contribution in [0, 0.1) is 5.92 Å². The number of anilines is 1. The van der Waals surface area contributed by atoms with Crippen LogP contribution in [0.2, 0.25) is 0 Å². The Morgan fingerprint density at radius 1 is 1.09 bits per heavy atom. The van der Waals surface area contributed by atoms with Gasteiger partial charge in [-0.3, -0.25) is 9.59 Å². The largest absolute Gasteiger partial charge is 0.493 e. The van der Waals surface area contributed by atoms with Crippen molar-refractivity contribution in [1.29, 1.82) is 0 Å². The molecule has 3 rings (SSSR count). The number of nitrogens with two attached hydrogens (primary N) is 1. The van der Waals surface area contributed by atoms with Gasteiger partial charge in [-0.05, 0) is 36.1 Å². The molecule has 3 atom stereocenters. The molecule has 0 aliphatic carbocycles. The summed E-state index contributed by atoms with van der Waals surface area (Å²) < 4.78 is 10.5. The highest BCUT2D eigenvalue weighted by Crippen LogP contribution is 2.37. The topological polar surface area (TPSA) is 120 Å². The van der Waals surface area contributed by atoms with E-state index < -0.39 is 24.0 Å². The van der Waals surface area contributed by atoms with E-state index in [0.717, 1.165) is 16.9 Å². The number of hydrogen-bond acceptors (Lipinski definition) is 6. The third-order valence-corrected chi connectivity index (χ3v) is 5.79. The quantitative estimate of drug-likeness (QED) is 0.365. The Kier molecular flexibility index (Phi) is 8.51. The van der Waals surface area contributed by atoms with Gasteiger partial charge >= 0.3 is 5.97 Å². The summed E-state index contributed by atoms with van der Waals surface area (Å²) in [5, 5.41) is 5.64. The molecule has 1 heterocycles. The smallest absolute Gasteiger partial charge is 0.328 e. The van der Waals surface area contributed by atoms with Gasteiger partial charge in [-0.1, -0.05) is 44.2 Å². The minimum atomic E-state index is -0.850. The molecule has 0 aromatic heterocycles. The average Bonchev–Trinajstić information content (AvgIpc) is 3.19. The predicted molar refractivity (Wildman–Crippen MR) is 129 cm³/mol. The zero-order valence-electron chi connectivity index (χ0n) is 19.9. The van der Waals surface area contributed by atoms with Gasteiger partial charge in [0.25, 0.3) is 0 Å². The van der Waals surface area contributed by atoms with E-state index in [9.17, 15) is 14.4 Å². The Morgan fingerprint density at radius 3 is 2.50 bits per heavy atom. The van der Waals surface area contributed by atoms with Gasteiger partial charge in [-0.25, -0.2) is 4.79 Å². The molecule has 0 saturated carbocycles. The van der Waals surface area contributed by atoms with Crippen molar-refractivity contribution < 1.29 is 23.9 Å². The number of benzene rings is 2. The molecular formula is C26H33N3O5. The van der Waals surface area contributed by atoms with Crippen molar-refractivity contribution in [3.8, 4) is 5.75 Å². The number of hydrogen-bond donors (Lipinski definition) is 3. The lowest BCUT2D eigenvalue weighted by atomic mass is 9.96. The molecule has 0 saturated heterocycles. The lowest BCUT2D eigenvalue weighted by Gasteiger charge is -2.24. The summed E-state index contributed by atoms with van der Waals surface area (Å²) in [6.45, 7) is 4.29. The highest BCUT2D eigenvalue weighted by atomic mass is 16.5. The van der Waals surface area contributed by atoms with Crippen molar-refractivity contribution in [1.82, 2.24) is 10.6 Å². The molecule has 0 bridgehead atoms. The molecule has 182 valence electrons. The molecule has 8 nitrogen and oxygen atoms in total. The molecule has 1 aliphatic rings. The van der Waals surface area contributed by atoms with Crippen molar-refractivity contribution >= 4 is 23.5 Å². The maximum atomic E-state index is 13.2. The number of methoxy groups -OCH3 is 1. The minimum absolute atomic E-state index is 0.150. The maximum absolute atomic E-state index is 13.2. The first-order valence-corrected chi connectivity index (χ1v) is 11.5. The molecule has 0 fully saturated rings. The van der Waals surface area contributed by atoms with Crippen LogP contribution < -0.4 is 21.1 Å². The third-order valence-electron chi connectivity index (χ3n) is 5.79. The van der Waals surface area contributed by atoms with Crippen LogP contribution in [0.5, 0.6) is 5.75 Å². The van der Waals surface area contributed by atoms with Gasteiger partial charge in [0, 0.05) is 30.0 Å². The standard InChI is InChI=1S/C26H33N3O5/c1-16(2)11-22(26(32)33-3)29-25(31)21(12-17-7-5-4-6-8-17)28-24(30)13-18-15-34-23-10-9-19(27)14-20(18)23/h4-10,14,16,18,21-22H,11-13,15,27H2,1-3H3,(H,28,30)(H,29,31)/t18?,21-,22-/m0/s1. The number of fused-ring (bicyclic) bond motifs is 1. The second kappa shape index (κ2) is 11.5. The van der Waals surface area contributed by atoms with Crippen LogP contribution in [-0.2, 0) is 25.5 Å². The van der Waals surface area contributed by atoms with E-state index in [2.05, 4.69) is 10.6 Å². The van der Waals surface area contributed by atoms with E-state index >= 15 is 0 Å². The average molecular weight is 468 g/mol. The molecule has 2 aromatic carbocycles. The Labute approximate surface area is 200 Å². The van der Waals surface area contributed by atoms with E-state index in [0.29, 0.717) is 25.1 Å². The fourth-order valence-corrected chi connectivity index (χ4v) is 4.10. The Bertz CT molecular complexity index is 1010. The molecule has 4 N–H and O–H groups in total. The molecule has 1 aliphatic heterocycles. The highest BCUT2D eigenvalue weighted by molar-refractivity contribution is 5.91. The second-order valence-corrected chi connectivity index (χ2v) is 9.03. The predicted octanol–water partition coefficient (Wildman–Crippen LogP) is 2.57. The maximum Gasteiger partial charge on any atom is 0.328 e. The normalized spacial score (nSPS) is 16.2. The first kappa shape index (κ1) is 25.1. The fraction of sp³-hybridized carbons (Fsp3) is 0.423. The van der Waals surface area contributed by atoms with Gasteiger partial charge in [0.2, 0.25) is 11.8 Å². The number of carbonyl (C=O) groups is 3. The van der Waals surface area contributed by atoms with Crippen molar-refractivity contribution in [3.63, 3.8) is 0 Å². The fourth-order valence-electron chi connectivity index (χ4n) is 4.10. The van der Waals surface area contributed by atoms with Crippen molar-refractivity contribution in [2.75, 3.05) is 19.5 Å². The van der Waals surface area contributed by atoms with Crippen LogP contribution in [0.15, 0.2) is 48.5 Å². The number of nitrogen functional groups attached to an aromatic ring is 1. The molecule has 8 heteroatoms. The molecule has 0 spiro atoms. The summed E-state index contributed by atoms with van der Waals surface area (Å²) in [4.78, 5) is 38.4. The van der Waals surface area contributed by atoms with Crippen molar-refractivity contribution in [2.45, 2.75) is 51.1 Å². The zero-order valence-corrected chi connectivity index (χ0v) is 19.9.